The summed E-state index contributed by atoms with van der Waals surface area (Å²) in [5.41, 5.74) is 1.89. The molecule has 0 N–H and O–H groups in total. The molecule has 3 aromatic rings. The Morgan fingerprint density at radius 2 is 1.79 bits per heavy atom. The zero-order valence-electron chi connectivity index (χ0n) is 24.5. The Kier molecular flexibility index (Phi) is 9.84. The minimum Gasteiger partial charge on any atom is -0.494 e. The van der Waals surface area contributed by atoms with E-state index in [2.05, 4.69) is 4.99 Å². The van der Waals surface area contributed by atoms with Crippen LogP contribution in [0.15, 0.2) is 63.5 Å². The molecule has 222 valence electrons. The first-order chi connectivity index (χ1) is 20.2. The molecule has 1 aromatic heterocycles. The molecule has 0 amide bonds. The summed E-state index contributed by atoms with van der Waals surface area (Å²) in [7, 11) is 1.49. The quantitative estimate of drug-likeness (QED) is 0.310. The third-order valence-corrected chi connectivity index (χ3v) is 7.20. The molecule has 0 spiro atoms. The predicted octanol–water partition coefficient (Wildman–Crippen LogP) is 3.54. The maximum Gasteiger partial charge on any atom is 0.344 e. The standard InChI is InChI=1S/C31H34N2O8S/c1-7-38-22-12-10-21(11-13-22)28-27(30(36)39-8-2)19(5)32-31-33(28)29(35)25(42-31)16-20-9-14-23(24(15-20)37-6)40-17-26(34)41-18(3)4/h9-16,18,28H,7-8,17H2,1-6H3/b25-16+/t28-/m1/s1. The molecule has 2 heterocycles. The van der Waals surface area contributed by atoms with E-state index in [1.165, 1.54) is 23.0 Å². The summed E-state index contributed by atoms with van der Waals surface area (Å²) >= 11 is 1.22. The van der Waals surface area contributed by atoms with Gasteiger partial charge in [-0.1, -0.05) is 29.5 Å². The maximum absolute atomic E-state index is 13.9. The minimum atomic E-state index is -0.728. The average molecular weight is 595 g/mol. The molecule has 0 unspecified atom stereocenters. The number of hydrogen-bond donors (Lipinski definition) is 0. The Labute approximate surface area is 247 Å². The summed E-state index contributed by atoms with van der Waals surface area (Å²) in [6.07, 6.45) is 1.48. The number of nitrogens with zero attached hydrogens (tertiary/aromatic N) is 2. The van der Waals surface area contributed by atoms with Gasteiger partial charge in [-0.3, -0.25) is 9.36 Å². The molecule has 10 nitrogen and oxygen atoms in total. The van der Waals surface area contributed by atoms with Gasteiger partial charge in [0.25, 0.3) is 5.56 Å². The molecule has 2 aromatic carbocycles. The van der Waals surface area contributed by atoms with E-state index in [9.17, 15) is 14.4 Å². The zero-order chi connectivity index (χ0) is 30.4. The lowest BCUT2D eigenvalue weighted by molar-refractivity contribution is -0.149. The van der Waals surface area contributed by atoms with Crippen LogP contribution in [0.2, 0.25) is 0 Å². The number of carbonyl (C=O) groups excluding carboxylic acids is 2. The number of methoxy groups -OCH3 is 1. The third kappa shape index (κ3) is 6.73. The minimum absolute atomic E-state index is 0.191. The molecule has 0 aliphatic carbocycles. The predicted molar refractivity (Wildman–Crippen MR) is 158 cm³/mol. The fraction of sp³-hybridized carbons (Fsp3) is 0.355. The lowest BCUT2D eigenvalue weighted by Crippen LogP contribution is -2.39. The van der Waals surface area contributed by atoms with Crippen molar-refractivity contribution in [3.63, 3.8) is 0 Å². The van der Waals surface area contributed by atoms with E-state index < -0.39 is 18.0 Å². The summed E-state index contributed by atoms with van der Waals surface area (Å²) < 4.78 is 29.0. The summed E-state index contributed by atoms with van der Waals surface area (Å²) in [6, 6.07) is 11.7. The number of benzene rings is 2. The van der Waals surface area contributed by atoms with Gasteiger partial charge in [-0.15, -0.1) is 0 Å². The average Bonchev–Trinajstić information content (AvgIpc) is 3.25. The van der Waals surface area contributed by atoms with Gasteiger partial charge in [-0.2, -0.15) is 0 Å². The fourth-order valence-corrected chi connectivity index (χ4v) is 5.54. The number of hydrogen-bond acceptors (Lipinski definition) is 10. The molecule has 42 heavy (non-hydrogen) atoms. The van der Waals surface area contributed by atoms with Crippen LogP contribution in [0.25, 0.3) is 6.08 Å². The van der Waals surface area contributed by atoms with Gasteiger partial charge in [-0.25, -0.2) is 14.6 Å². The van der Waals surface area contributed by atoms with E-state index in [1.807, 2.05) is 31.2 Å². The van der Waals surface area contributed by atoms with Gasteiger partial charge in [0.05, 0.1) is 48.3 Å². The first kappa shape index (κ1) is 30.6. The highest BCUT2D eigenvalue weighted by atomic mass is 32.1. The Hall–Kier alpha value is -4.38. The van der Waals surface area contributed by atoms with E-state index in [0.717, 1.165) is 5.56 Å². The molecule has 4 rings (SSSR count). The van der Waals surface area contributed by atoms with Gasteiger partial charge in [0, 0.05) is 0 Å². The van der Waals surface area contributed by atoms with Crippen molar-refractivity contribution in [2.24, 2.45) is 4.99 Å². The van der Waals surface area contributed by atoms with Crippen molar-refractivity contribution in [1.29, 1.82) is 0 Å². The number of ether oxygens (including phenoxy) is 5. The Morgan fingerprint density at radius 1 is 1.05 bits per heavy atom. The maximum atomic E-state index is 13.9. The lowest BCUT2D eigenvalue weighted by atomic mass is 9.96. The zero-order valence-corrected chi connectivity index (χ0v) is 25.3. The van der Waals surface area contributed by atoms with E-state index >= 15 is 0 Å². The highest BCUT2D eigenvalue weighted by Gasteiger charge is 2.33. The Balaban J connectivity index is 1.75. The molecular formula is C31H34N2O8S. The van der Waals surface area contributed by atoms with Crippen LogP contribution < -0.4 is 29.1 Å². The molecular weight excluding hydrogens is 560 g/mol. The monoisotopic (exact) mass is 594 g/mol. The largest absolute Gasteiger partial charge is 0.494 e. The number of thiazole rings is 1. The van der Waals surface area contributed by atoms with Gasteiger partial charge in [0.2, 0.25) is 0 Å². The number of aromatic nitrogens is 1. The number of esters is 2. The van der Waals surface area contributed by atoms with Crippen molar-refractivity contribution in [3.05, 3.63) is 84.5 Å². The number of fused-ring (bicyclic) bond motifs is 1. The topological polar surface area (TPSA) is 115 Å². The van der Waals surface area contributed by atoms with Crippen molar-refractivity contribution in [1.82, 2.24) is 4.57 Å². The van der Waals surface area contributed by atoms with Gasteiger partial charge in [-0.05, 0) is 76.1 Å². The summed E-state index contributed by atoms with van der Waals surface area (Å²) in [5.74, 6) is 0.426. The number of rotatable bonds is 11. The van der Waals surface area contributed by atoms with Crippen LogP contribution in [-0.4, -0.2) is 49.5 Å². The van der Waals surface area contributed by atoms with Gasteiger partial charge in [0.1, 0.15) is 5.75 Å². The smallest absolute Gasteiger partial charge is 0.344 e. The normalized spacial score (nSPS) is 14.7. The Bertz CT molecular complexity index is 1670. The summed E-state index contributed by atoms with van der Waals surface area (Å²) in [5, 5.41) is 0. The molecule has 0 fully saturated rings. The molecule has 0 bridgehead atoms. The van der Waals surface area contributed by atoms with Crippen LogP contribution in [0.1, 0.15) is 51.8 Å². The van der Waals surface area contributed by atoms with Crippen LogP contribution in [0, 0.1) is 0 Å². The van der Waals surface area contributed by atoms with Crippen molar-refractivity contribution in [2.75, 3.05) is 26.9 Å². The summed E-state index contributed by atoms with van der Waals surface area (Å²) in [4.78, 5) is 43.9. The second-order valence-corrected chi connectivity index (χ2v) is 10.6. The number of allylic oxidation sites excluding steroid dienone is 1. The highest BCUT2D eigenvalue weighted by Crippen LogP contribution is 2.32. The van der Waals surface area contributed by atoms with Gasteiger partial charge < -0.3 is 23.7 Å². The van der Waals surface area contributed by atoms with Crippen molar-refractivity contribution < 1.29 is 33.3 Å². The molecule has 0 saturated carbocycles. The van der Waals surface area contributed by atoms with Crippen molar-refractivity contribution in [2.45, 2.75) is 46.8 Å². The van der Waals surface area contributed by atoms with Gasteiger partial charge in [0.15, 0.2) is 22.9 Å². The van der Waals surface area contributed by atoms with Crippen LogP contribution in [0.3, 0.4) is 0 Å². The molecule has 0 saturated heterocycles. The second-order valence-electron chi connectivity index (χ2n) is 9.54. The number of carbonyl (C=O) groups is 2. The van der Waals surface area contributed by atoms with Crippen LogP contribution in [0.4, 0.5) is 0 Å². The van der Waals surface area contributed by atoms with Crippen molar-refractivity contribution in [3.8, 4) is 17.2 Å². The molecule has 1 aliphatic heterocycles. The van der Waals surface area contributed by atoms with Crippen LogP contribution in [0.5, 0.6) is 17.2 Å². The van der Waals surface area contributed by atoms with Crippen LogP contribution in [-0.2, 0) is 19.1 Å². The first-order valence-corrected chi connectivity index (χ1v) is 14.4. The second kappa shape index (κ2) is 13.5. The van der Waals surface area contributed by atoms with E-state index in [1.54, 1.807) is 52.0 Å². The van der Waals surface area contributed by atoms with Crippen molar-refractivity contribution >= 4 is 29.4 Å². The third-order valence-electron chi connectivity index (χ3n) is 6.22. The van der Waals surface area contributed by atoms with Crippen LogP contribution >= 0.6 is 11.3 Å². The van der Waals surface area contributed by atoms with Gasteiger partial charge >= 0.3 is 11.9 Å². The van der Waals surface area contributed by atoms with E-state index in [-0.39, 0.29) is 24.9 Å². The molecule has 11 heteroatoms. The van der Waals surface area contributed by atoms with E-state index in [0.29, 0.717) is 50.0 Å². The SMILES string of the molecule is CCOC(=O)C1=C(C)N=c2s/c(=C/c3ccc(OCC(=O)OC(C)C)c(OC)c3)c(=O)n2[C@@H]1c1ccc(OCC)cc1. The molecule has 1 aliphatic rings. The van der Waals surface area contributed by atoms with E-state index in [4.69, 9.17) is 23.7 Å². The molecule has 0 radical (unpaired) electrons. The fourth-order valence-electron chi connectivity index (χ4n) is 4.50. The first-order valence-electron chi connectivity index (χ1n) is 13.6. The summed E-state index contributed by atoms with van der Waals surface area (Å²) in [6.45, 7) is 9.34. The Morgan fingerprint density at radius 3 is 2.43 bits per heavy atom. The lowest BCUT2D eigenvalue weighted by Gasteiger charge is -2.24. The highest BCUT2D eigenvalue weighted by molar-refractivity contribution is 7.07. The molecule has 1 atom stereocenters.